The van der Waals surface area contributed by atoms with Crippen LogP contribution in [0.25, 0.3) is 52.9 Å². The fourth-order valence-electron chi connectivity index (χ4n) is 11.2. The molecule has 11 nitrogen and oxygen atoms in total. The Bertz CT molecular complexity index is 4720. The van der Waals surface area contributed by atoms with Gasteiger partial charge in [0.05, 0.1) is 17.4 Å². The summed E-state index contributed by atoms with van der Waals surface area (Å²) in [5, 5.41) is 22.9. The van der Waals surface area contributed by atoms with Gasteiger partial charge in [-0.05, 0) is 192 Å². The van der Waals surface area contributed by atoms with Crippen LogP contribution in [0.3, 0.4) is 0 Å². The zero-order valence-electron chi connectivity index (χ0n) is 83.6. The van der Waals surface area contributed by atoms with Gasteiger partial charge < -0.3 is 34.4 Å². The number of amides is 2. The van der Waals surface area contributed by atoms with Crippen molar-refractivity contribution in [3.8, 4) is 11.5 Å². The molecule has 10 aromatic carbocycles. The number of aryl methyl sites for hydroxylation is 2. The minimum atomic E-state index is -0.626. The third kappa shape index (κ3) is 42.0. The molecule has 3 N–H and O–H groups in total. The number of hydrogen-bond donors (Lipinski definition) is 3. The lowest BCUT2D eigenvalue weighted by Gasteiger charge is -2.21. The average Bonchev–Trinajstić information content (AvgIpc) is 1.63. The Balaban J connectivity index is 0. The molecule has 2 heterocycles. The van der Waals surface area contributed by atoms with E-state index >= 15 is 0 Å². The zero-order valence-corrected chi connectivity index (χ0v) is 84.4. The van der Waals surface area contributed by atoms with Crippen LogP contribution in [0.5, 0.6) is 11.5 Å². The lowest BCUT2D eigenvalue weighted by atomic mass is 9.89. The van der Waals surface area contributed by atoms with Crippen LogP contribution >= 0.6 is 11.3 Å². The fraction of sp³-hybridized carbons (Fsp3) is 0.451. The van der Waals surface area contributed by atoms with Gasteiger partial charge in [0.1, 0.15) is 22.7 Å². The van der Waals surface area contributed by atoms with E-state index in [1.807, 2.05) is 313 Å². The molecule has 5 unspecified atom stereocenters. The maximum absolute atomic E-state index is 12.0. The highest BCUT2D eigenvalue weighted by molar-refractivity contribution is 7.26. The van der Waals surface area contributed by atoms with E-state index in [0.29, 0.717) is 36.5 Å². The van der Waals surface area contributed by atoms with Gasteiger partial charge >= 0.3 is 11.9 Å². The van der Waals surface area contributed by atoms with Crippen molar-refractivity contribution in [1.82, 2.24) is 5.32 Å². The van der Waals surface area contributed by atoms with E-state index in [-0.39, 0.29) is 41.0 Å². The summed E-state index contributed by atoms with van der Waals surface area (Å²) >= 11 is 1.93. The zero-order chi connectivity index (χ0) is 95.3. The number of rotatable bonds is 23. The van der Waals surface area contributed by atoms with Gasteiger partial charge in [-0.15, -0.1) is 11.3 Å². The Morgan fingerprint density at radius 3 is 1.42 bits per heavy atom. The highest BCUT2D eigenvalue weighted by atomic mass is 32.1. The highest BCUT2D eigenvalue weighted by Crippen LogP contribution is 2.39. The number of furan rings is 1. The normalized spacial score (nSPS) is 11.4. The van der Waals surface area contributed by atoms with Crippen molar-refractivity contribution in [2.75, 3.05) is 11.9 Å². The minimum Gasteiger partial charge on any atom is -0.456 e. The van der Waals surface area contributed by atoms with Crippen LogP contribution in [0.1, 0.15) is 305 Å². The molecule has 2 aromatic heterocycles. The maximum Gasteiger partial charge on any atom is 0.316 e. The first-order chi connectivity index (χ1) is 60.0. The predicted molar refractivity (Wildman–Crippen MR) is 548 cm³/mol. The van der Waals surface area contributed by atoms with E-state index in [9.17, 15) is 24.3 Å². The number of esters is 2. The smallest absolute Gasteiger partial charge is 0.316 e. The van der Waals surface area contributed by atoms with E-state index < -0.39 is 17.1 Å². The first-order valence-corrected chi connectivity index (χ1v) is 47.7. The summed E-state index contributed by atoms with van der Waals surface area (Å²) < 4.78 is 24.8. The van der Waals surface area contributed by atoms with Crippen molar-refractivity contribution in [2.24, 2.45) is 28.1 Å². The minimum absolute atomic E-state index is 0.0752. The van der Waals surface area contributed by atoms with Crippen molar-refractivity contribution in [2.45, 2.75) is 305 Å². The number of aliphatic hydroxyl groups is 1. The Morgan fingerprint density at radius 1 is 0.424 bits per heavy atom. The molecule has 12 rings (SSSR count). The summed E-state index contributed by atoms with van der Waals surface area (Å²) in [5.41, 5.74) is 9.47. The van der Waals surface area contributed by atoms with Gasteiger partial charge in [0.25, 0.3) is 0 Å². The Morgan fingerprint density at radius 2 is 0.896 bits per heavy atom. The molecule has 0 aliphatic heterocycles. The number of fused-ring (bicyclic) bond motifs is 7. The van der Waals surface area contributed by atoms with E-state index in [0.717, 1.165) is 72.6 Å². The number of benzene rings is 10. The van der Waals surface area contributed by atoms with Crippen LogP contribution < -0.4 is 20.1 Å². The van der Waals surface area contributed by atoms with Gasteiger partial charge in [0, 0.05) is 60.4 Å². The van der Waals surface area contributed by atoms with Gasteiger partial charge in [-0.25, -0.2) is 0 Å². The number of ether oxygens (including phenoxy) is 3. The van der Waals surface area contributed by atoms with Crippen molar-refractivity contribution in [3.63, 3.8) is 0 Å². The molecule has 2 amide bonds. The topological polar surface area (TPSA) is 153 Å². The fourth-order valence-corrected chi connectivity index (χ4v) is 12.5. The first kappa shape index (κ1) is 117. The van der Waals surface area contributed by atoms with E-state index in [2.05, 4.69) is 162 Å². The summed E-state index contributed by atoms with van der Waals surface area (Å²) in [5.74, 6) is 2.63. The van der Waals surface area contributed by atoms with Crippen molar-refractivity contribution >= 4 is 93.7 Å². The quantitative estimate of drug-likeness (QED) is 0.0323. The van der Waals surface area contributed by atoms with Crippen molar-refractivity contribution in [1.29, 1.82) is 0 Å². The summed E-state index contributed by atoms with van der Waals surface area (Å²) in [7, 11) is 0. The lowest BCUT2D eigenvalue weighted by molar-refractivity contribution is -0.144. The Hall–Kier alpha value is -9.72. The molecular formula is C113H166N2O9S. The molecule has 12 aromatic rings. The number of anilines is 1. The second-order valence-electron chi connectivity index (χ2n) is 30.8. The molecule has 0 fully saturated rings. The molecule has 0 aliphatic rings. The standard InChI is InChI=1S/C16H18O2.C16H16O.C16H16S.C14H21NO.C13H20O2.C12H17NO.C12H16O2.7C2H6/c1-4-16(2,3)15(17)18-14-10-9-12-7-5-6-8-13(12)11-14;1-3-11(2)12-8-9-14-13-6-4-5-7-15(13)17-16(14)10-12;1-3-11(2)12-8-6-9-14-13-7-4-5-10-15(13)17-16(12)14;1-5-12(4)14(16)15-9-13-7-10(2)6-11(3)8-13;1-3-11(2)13(14)15-10-9-12-7-5-4-6-8-12;1-4-12(2,3)11(14)13-10-8-6-5-7-9-10;1-4-12(2,3)11(13)14-10-8-6-5-7-9-10;7*1-2/h5-11H,4H2,1-3H3;2*4-11H,3H2,1-2H3;6-8,12H,5,9H2,1-4H3,(H,15,16);4-8,11,13-14H,3,9-10H2,1-2H3;5-9H,4H2,1-3H3,(H,13,14);5-9H,4H2,1-3H3;7*1-2H3. The SMILES string of the molecule is CC.CC.CC.CC.CC.CC.CC.CCC(C)(C)C(=O)Nc1ccccc1.CCC(C)(C)C(=O)Oc1ccc2ccccc2c1.CCC(C)(C)C(=O)Oc1ccccc1.CCC(C)C(=O)NCc1cc(C)cc(C)c1.CCC(C)C(O)OCCc1ccccc1.CCC(C)c1ccc2c(c1)oc1ccccc12.CCC(C)c1cccc2c1sc1ccccc12. The molecule has 0 spiro atoms. The largest absolute Gasteiger partial charge is 0.456 e. The molecule has 688 valence electrons. The predicted octanol–water partition coefficient (Wildman–Crippen LogP) is 33.7. The number of carbonyl (C=O) groups excluding carboxylic acids is 4. The third-order valence-electron chi connectivity index (χ3n) is 20.9. The molecular weight excluding hydrogens is 1560 g/mol. The van der Waals surface area contributed by atoms with Gasteiger partial charge in [0.2, 0.25) is 11.8 Å². The van der Waals surface area contributed by atoms with Crippen molar-refractivity contribution in [3.05, 3.63) is 270 Å². The molecule has 0 bridgehead atoms. The van der Waals surface area contributed by atoms with E-state index in [1.54, 1.807) is 12.1 Å². The van der Waals surface area contributed by atoms with Crippen LogP contribution in [0.15, 0.2) is 241 Å². The molecule has 12 heteroatoms. The van der Waals surface area contributed by atoms with Crippen LogP contribution in [-0.2, 0) is 36.9 Å². The summed E-state index contributed by atoms with van der Waals surface area (Å²) in [4.78, 5) is 47.0. The molecule has 125 heavy (non-hydrogen) atoms. The third-order valence-corrected chi connectivity index (χ3v) is 22.1. The average molecular weight is 1730 g/mol. The second kappa shape index (κ2) is 66.7. The summed E-state index contributed by atoms with van der Waals surface area (Å²) in [6, 6.07) is 79.2. The number of aliphatic hydroxyl groups excluding tert-OH is 1. The maximum atomic E-state index is 12.0. The summed E-state index contributed by atoms with van der Waals surface area (Å²) in [6.07, 6.45) is 6.79. The van der Waals surface area contributed by atoms with Crippen LogP contribution in [-0.4, -0.2) is 41.8 Å². The van der Waals surface area contributed by atoms with E-state index in [4.69, 9.17) is 18.6 Å². The highest BCUT2D eigenvalue weighted by Gasteiger charge is 2.29. The Kier molecular flexibility index (Phi) is 62.6. The van der Waals surface area contributed by atoms with Gasteiger partial charge in [-0.3, -0.25) is 19.2 Å². The number of nitrogens with one attached hydrogen (secondary N) is 2. The van der Waals surface area contributed by atoms with E-state index in [1.165, 1.54) is 70.7 Å². The second-order valence-corrected chi connectivity index (χ2v) is 31.9. The summed E-state index contributed by atoms with van der Waals surface area (Å²) in [6.45, 7) is 67.9. The van der Waals surface area contributed by atoms with Gasteiger partial charge in [-0.2, -0.15) is 0 Å². The first-order valence-electron chi connectivity index (χ1n) is 46.9. The monoisotopic (exact) mass is 1730 g/mol. The number of para-hydroxylation sites is 3. The molecule has 0 aliphatic carbocycles. The van der Waals surface area contributed by atoms with Crippen LogP contribution in [0.2, 0.25) is 0 Å². The van der Waals surface area contributed by atoms with Crippen LogP contribution in [0.4, 0.5) is 5.69 Å². The number of hydrogen-bond acceptors (Lipinski definition) is 10. The van der Waals surface area contributed by atoms with Crippen molar-refractivity contribution < 1.29 is 42.9 Å². The molecule has 0 saturated carbocycles. The molecule has 5 atom stereocenters. The van der Waals surface area contributed by atoms with Gasteiger partial charge in [0.15, 0.2) is 6.29 Å². The number of thiophene rings is 1. The molecule has 0 saturated heterocycles. The van der Waals surface area contributed by atoms with Crippen LogP contribution in [0, 0.1) is 41.9 Å². The Labute approximate surface area is 763 Å². The molecule has 0 radical (unpaired) electrons. The number of carbonyl (C=O) groups is 4. The van der Waals surface area contributed by atoms with Gasteiger partial charge in [-0.1, -0.05) is 380 Å². The lowest BCUT2D eigenvalue weighted by Crippen LogP contribution is -2.29.